The van der Waals surface area contributed by atoms with E-state index in [1.807, 2.05) is 12.1 Å². The van der Waals surface area contributed by atoms with Crippen LogP contribution in [-0.4, -0.2) is 19.9 Å². The summed E-state index contributed by atoms with van der Waals surface area (Å²) >= 11 is 0. The van der Waals surface area contributed by atoms with Crippen LogP contribution in [0.1, 0.15) is 36.0 Å². The minimum absolute atomic E-state index is 0.205. The summed E-state index contributed by atoms with van der Waals surface area (Å²) in [7, 11) is -3.64. The monoisotopic (exact) mass is 334 g/mol. The number of sulfonamides is 1. The average molecular weight is 334 g/mol. The topological polar surface area (TPSA) is 62.6 Å². The minimum Gasteiger partial charge on any atom is -0.465 e. The van der Waals surface area contributed by atoms with Crippen LogP contribution in [0, 0.1) is 13.8 Å². The number of aryl methyl sites for hydroxylation is 2. The molecule has 0 amide bonds. The Bertz CT molecular complexity index is 824. The quantitative estimate of drug-likeness (QED) is 0.910. The molecule has 2 aromatic rings. The molecule has 0 spiro atoms. The molecule has 0 unspecified atom stereocenters. The van der Waals surface area contributed by atoms with E-state index in [0.29, 0.717) is 17.2 Å². The third-order valence-corrected chi connectivity index (χ3v) is 5.59. The van der Waals surface area contributed by atoms with Crippen molar-refractivity contribution in [3.05, 3.63) is 46.9 Å². The molecule has 0 bridgehead atoms. The van der Waals surface area contributed by atoms with E-state index in [1.165, 1.54) is 5.56 Å². The summed E-state index contributed by atoms with van der Waals surface area (Å²) in [4.78, 5) is 2.53. The Morgan fingerprint density at radius 2 is 2.04 bits per heavy atom. The molecule has 3 rings (SSSR count). The van der Waals surface area contributed by atoms with E-state index in [9.17, 15) is 8.42 Å². The maximum absolute atomic E-state index is 12.7. The van der Waals surface area contributed by atoms with E-state index < -0.39 is 10.0 Å². The van der Waals surface area contributed by atoms with Crippen molar-refractivity contribution in [1.29, 1.82) is 0 Å². The largest absolute Gasteiger partial charge is 0.465 e. The number of benzene rings is 1. The first kappa shape index (κ1) is 16.1. The zero-order valence-corrected chi connectivity index (χ0v) is 14.5. The van der Waals surface area contributed by atoms with Crippen molar-refractivity contribution in [2.45, 2.75) is 45.2 Å². The van der Waals surface area contributed by atoms with Gasteiger partial charge in [-0.3, -0.25) is 9.62 Å². The van der Waals surface area contributed by atoms with Gasteiger partial charge >= 0.3 is 0 Å². The summed E-state index contributed by atoms with van der Waals surface area (Å²) in [6, 6.07) is 7.36. The van der Waals surface area contributed by atoms with E-state index in [4.69, 9.17) is 4.42 Å². The fourth-order valence-electron chi connectivity index (χ4n) is 3.13. The summed E-state index contributed by atoms with van der Waals surface area (Å²) in [5.41, 5.74) is 2.93. The van der Waals surface area contributed by atoms with Crippen LogP contribution < -0.4 is 4.72 Å². The predicted molar refractivity (Wildman–Crippen MR) is 89.8 cm³/mol. The van der Waals surface area contributed by atoms with Gasteiger partial charge in [0.25, 0.3) is 10.0 Å². The van der Waals surface area contributed by atoms with Crippen LogP contribution in [-0.2, 0) is 23.1 Å². The van der Waals surface area contributed by atoms with Crippen molar-refractivity contribution in [3.8, 4) is 0 Å². The molecule has 1 aromatic carbocycles. The smallest absolute Gasteiger partial charge is 0.265 e. The molecule has 23 heavy (non-hydrogen) atoms. The summed E-state index contributed by atoms with van der Waals surface area (Å²) in [5.74, 6) is 1.01. The predicted octanol–water partition coefficient (Wildman–Crippen LogP) is 3.42. The Morgan fingerprint density at radius 1 is 1.26 bits per heavy atom. The van der Waals surface area contributed by atoms with Gasteiger partial charge < -0.3 is 4.42 Å². The fraction of sp³-hybridized carbons (Fsp3) is 0.412. The van der Waals surface area contributed by atoms with Crippen molar-refractivity contribution in [2.24, 2.45) is 0 Å². The van der Waals surface area contributed by atoms with Crippen molar-refractivity contribution in [1.82, 2.24) is 4.90 Å². The fourth-order valence-corrected chi connectivity index (χ4v) is 4.47. The van der Waals surface area contributed by atoms with E-state index in [2.05, 4.69) is 22.6 Å². The van der Waals surface area contributed by atoms with Crippen LogP contribution in [0.25, 0.3) is 0 Å². The SMILES string of the molecule is CCCN1Cc2cccc(NS(=O)(=O)c3cc(C)oc3C)c2C1. The van der Waals surface area contributed by atoms with Crippen LogP contribution in [0.15, 0.2) is 33.6 Å². The molecule has 2 heterocycles. The molecule has 1 N–H and O–H groups in total. The molecule has 1 aromatic heterocycles. The van der Waals surface area contributed by atoms with Gasteiger partial charge in [0.05, 0.1) is 5.69 Å². The minimum atomic E-state index is -3.64. The van der Waals surface area contributed by atoms with Crippen molar-refractivity contribution in [2.75, 3.05) is 11.3 Å². The molecule has 0 radical (unpaired) electrons. The van der Waals surface area contributed by atoms with Gasteiger partial charge in [0.1, 0.15) is 16.4 Å². The second-order valence-electron chi connectivity index (χ2n) is 6.04. The van der Waals surface area contributed by atoms with Crippen molar-refractivity contribution in [3.63, 3.8) is 0 Å². The number of furan rings is 1. The highest BCUT2D eigenvalue weighted by Crippen LogP contribution is 2.31. The highest BCUT2D eigenvalue weighted by molar-refractivity contribution is 7.92. The van der Waals surface area contributed by atoms with Gasteiger partial charge in [-0.05, 0) is 44.0 Å². The second kappa shape index (κ2) is 6.02. The van der Waals surface area contributed by atoms with Gasteiger partial charge in [-0.2, -0.15) is 0 Å². The Morgan fingerprint density at radius 3 is 2.70 bits per heavy atom. The van der Waals surface area contributed by atoms with E-state index >= 15 is 0 Å². The maximum atomic E-state index is 12.7. The van der Waals surface area contributed by atoms with Gasteiger partial charge in [0.2, 0.25) is 0 Å². The van der Waals surface area contributed by atoms with Gasteiger partial charge in [-0.15, -0.1) is 0 Å². The van der Waals surface area contributed by atoms with E-state index in [1.54, 1.807) is 19.9 Å². The zero-order valence-electron chi connectivity index (χ0n) is 13.7. The van der Waals surface area contributed by atoms with Crippen LogP contribution in [0.3, 0.4) is 0 Å². The van der Waals surface area contributed by atoms with Crippen LogP contribution >= 0.6 is 0 Å². The van der Waals surface area contributed by atoms with Crippen LogP contribution in [0.5, 0.6) is 0 Å². The van der Waals surface area contributed by atoms with Gasteiger partial charge in [-0.25, -0.2) is 8.42 Å². The van der Waals surface area contributed by atoms with Gasteiger partial charge in [0.15, 0.2) is 0 Å². The van der Waals surface area contributed by atoms with Crippen molar-refractivity contribution < 1.29 is 12.8 Å². The molecule has 5 nitrogen and oxygen atoms in total. The molecule has 0 saturated heterocycles. The highest BCUT2D eigenvalue weighted by atomic mass is 32.2. The Balaban J connectivity index is 1.90. The van der Waals surface area contributed by atoms with Crippen LogP contribution in [0.4, 0.5) is 5.69 Å². The first-order chi connectivity index (χ1) is 10.9. The van der Waals surface area contributed by atoms with E-state index in [-0.39, 0.29) is 4.90 Å². The first-order valence-corrected chi connectivity index (χ1v) is 9.32. The molecule has 1 aliphatic heterocycles. The van der Waals surface area contributed by atoms with Gasteiger partial charge in [-0.1, -0.05) is 19.1 Å². The van der Waals surface area contributed by atoms with E-state index in [0.717, 1.165) is 31.6 Å². The van der Waals surface area contributed by atoms with Crippen LogP contribution in [0.2, 0.25) is 0 Å². The number of fused-ring (bicyclic) bond motifs is 1. The molecule has 6 heteroatoms. The molecule has 0 aliphatic carbocycles. The lowest BCUT2D eigenvalue weighted by atomic mass is 10.1. The number of hydrogen-bond donors (Lipinski definition) is 1. The summed E-state index contributed by atoms with van der Waals surface area (Å²) in [6.45, 7) is 8.24. The summed E-state index contributed by atoms with van der Waals surface area (Å²) in [6.07, 6.45) is 1.09. The molecule has 1 aliphatic rings. The number of rotatable bonds is 5. The summed E-state index contributed by atoms with van der Waals surface area (Å²) in [5, 5.41) is 0. The van der Waals surface area contributed by atoms with Crippen molar-refractivity contribution >= 4 is 15.7 Å². The third kappa shape index (κ3) is 3.14. The number of hydrogen-bond acceptors (Lipinski definition) is 4. The lowest BCUT2D eigenvalue weighted by Crippen LogP contribution is -2.17. The molecule has 124 valence electrons. The number of nitrogens with zero attached hydrogens (tertiary/aromatic N) is 1. The molecule has 0 fully saturated rings. The third-order valence-electron chi connectivity index (χ3n) is 4.12. The standard InChI is InChI=1S/C17H22N2O3S/c1-4-8-19-10-14-6-5-7-16(15(14)11-19)18-23(20,21)17-9-12(2)22-13(17)3/h5-7,9,18H,4,8,10-11H2,1-3H3. The lowest BCUT2D eigenvalue weighted by Gasteiger charge is -2.13. The Kier molecular flexibility index (Phi) is 4.21. The molecule has 0 atom stereocenters. The molecule has 0 saturated carbocycles. The van der Waals surface area contributed by atoms with Gasteiger partial charge in [0, 0.05) is 19.2 Å². The molecular formula is C17H22N2O3S. The molecular weight excluding hydrogens is 312 g/mol. The number of nitrogens with one attached hydrogen (secondary N) is 1. The lowest BCUT2D eigenvalue weighted by molar-refractivity contribution is 0.285. The second-order valence-corrected chi connectivity index (χ2v) is 7.69. The highest BCUT2D eigenvalue weighted by Gasteiger charge is 2.25. The summed E-state index contributed by atoms with van der Waals surface area (Å²) < 4.78 is 33.4. The Hall–Kier alpha value is -1.79. The normalized spacial score (nSPS) is 14.9. The Labute approximate surface area is 137 Å². The number of anilines is 1. The maximum Gasteiger partial charge on any atom is 0.265 e. The zero-order chi connectivity index (χ0) is 16.6. The average Bonchev–Trinajstić information content (AvgIpc) is 3.02. The first-order valence-electron chi connectivity index (χ1n) is 7.83.